The van der Waals surface area contributed by atoms with E-state index in [4.69, 9.17) is 4.74 Å². The molecule has 1 fully saturated rings. The molecule has 1 saturated heterocycles. The highest BCUT2D eigenvalue weighted by atomic mass is 16.5. The van der Waals surface area contributed by atoms with Crippen LogP contribution in [0, 0.1) is 0 Å². The molecule has 118 valence electrons. The third-order valence-corrected chi connectivity index (χ3v) is 3.76. The monoisotopic (exact) mass is 292 g/mol. The maximum absolute atomic E-state index is 5.60. The highest BCUT2D eigenvalue weighted by Gasteiger charge is 2.19. The molecule has 1 aromatic heterocycles. The van der Waals surface area contributed by atoms with E-state index in [1.165, 1.54) is 25.7 Å². The van der Waals surface area contributed by atoms with Gasteiger partial charge in [0.2, 0.25) is 5.88 Å². The average Bonchev–Trinajstić information content (AvgIpc) is 3.02. The van der Waals surface area contributed by atoms with Crippen LogP contribution in [-0.2, 0) is 0 Å². The van der Waals surface area contributed by atoms with E-state index >= 15 is 0 Å². The third kappa shape index (κ3) is 5.16. The number of nitrogens with zero attached hydrogens (tertiary/aromatic N) is 3. The van der Waals surface area contributed by atoms with Crippen LogP contribution >= 0.6 is 0 Å². The maximum atomic E-state index is 5.60. The molecule has 0 saturated carbocycles. The van der Waals surface area contributed by atoms with Crippen LogP contribution in [0.3, 0.4) is 0 Å². The lowest BCUT2D eigenvalue weighted by molar-refractivity contribution is 0.304. The summed E-state index contributed by atoms with van der Waals surface area (Å²) in [7, 11) is 0. The van der Waals surface area contributed by atoms with Gasteiger partial charge in [0.15, 0.2) is 5.82 Å². The van der Waals surface area contributed by atoms with Gasteiger partial charge in [-0.15, -0.1) is 0 Å². The topological polar surface area (TPSA) is 50.3 Å². The lowest BCUT2D eigenvalue weighted by Gasteiger charge is -2.26. The van der Waals surface area contributed by atoms with E-state index in [-0.39, 0.29) is 0 Å². The Morgan fingerprint density at radius 1 is 1.33 bits per heavy atom. The second-order valence-corrected chi connectivity index (χ2v) is 5.66. The van der Waals surface area contributed by atoms with Gasteiger partial charge in [0.1, 0.15) is 0 Å². The molecule has 0 amide bonds. The van der Waals surface area contributed by atoms with Gasteiger partial charge in [-0.3, -0.25) is 4.98 Å². The van der Waals surface area contributed by atoms with E-state index in [0.717, 1.165) is 31.9 Å². The Balaban J connectivity index is 2.03. The number of hydrogen-bond acceptors (Lipinski definition) is 5. The zero-order valence-electron chi connectivity index (χ0n) is 13.3. The summed E-state index contributed by atoms with van der Waals surface area (Å²) in [6.45, 7) is 8.18. The van der Waals surface area contributed by atoms with Crippen LogP contribution < -0.4 is 15.0 Å². The molecular weight excluding hydrogens is 264 g/mol. The van der Waals surface area contributed by atoms with E-state index in [1.54, 1.807) is 6.20 Å². The number of anilines is 1. The second kappa shape index (κ2) is 8.82. The molecule has 1 aromatic rings. The molecule has 0 radical (unpaired) electrons. The predicted molar refractivity (Wildman–Crippen MR) is 86.0 cm³/mol. The fourth-order valence-corrected chi connectivity index (χ4v) is 2.59. The van der Waals surface area contributed by atoms with Crippen LogP contribution in [0.25, 0.3) is 0 Å². The van der Waals surface area contributed by atoms with Crippen molar-refractivity contribution in [1.29, 1.82) is 0 Å². The predicted octanol–water partition coefficient (Wildman–Crippen LogP) is 2.62. The van der Waals surface area contributed by atoms with E-state index in [9.17, 15) is 0 Å². The van der Waals surface area contributed by atoms with Gasteiger partial charge in [-0.2, -0.15) is 4.98 Å². The molecular formula is C16H28N4O. The lowest BCUT2D eigenvalue weighted by atomic mass is 10.2. The Labute approximate surface area is 128 Å². The number of nitrogens with one attached hydrogen (secondary N) is 1. The highest BCUT2D eigenvalue weighted by Crippen LogP contribution is 2.17. The Kier molecular flexibility index (Phi) is 6.73. The fraction of sp³-hybridized carbons (Fsp3) is 0.750. The zero-order valence-corrected chi connectivity index (χ0v) is 13.3. The van der Waals surface area contributed by atoms with Crippen LogP contribution in [-0.4, -0.2) is 42.3 Å². The molecule has 0 aliphatic carbocycles. The first kappa shape index (κ1) is 16.0. The molecule has 5 nitrogen and oxygen atoms in total. The van der Waals surface area contributed by atoms with E-state index in [1.807, 2.05) is 6.20 Å². The van der Waals surface area contributed by atoms with Crippen molar-refractivity contribution in [2.75, 3.05) is 31.1 Å². The highest BCUT2D eigenvalue weighted by molar-refractivity contribution is 5.37. The SMILES string of the molecule is CCCCN(CC1CCCN1)c1cncc(OCCC)n1. The molecule has 2 rings (SSSR count). The quantitative estimate of drug-likeness (QED) is 0.758. The van der Waals surface area contributed by atoms with Crippen molar-refractivity contribution in [3.8, 4) is 5.88 Å². The first-order valence-electron chi connectivity index (χ1n) is 8.26. The van der Waals surface area contributed by atoms with Gasteiger partial charge in [0, 0.05) is 19.1 Å². The van der Waals surface area contributed by atoms with Crippen molar-refractivity contribution in [1.82, 2.24) is 15.3 Å². The molecule has 1 aliphatic heterocycles. The molecule has 21 heavy (non-hydrogen) atoms. The summed E-state index contributed by atoms with van der Waals surface area (Å²) < 4.78 is 5.60. The van der Waals surface area contributed by atoms with Gasteiger partial charge in [-0.05, 0) is 32.2 Å². The standard InChI is InChI=1S/C16H28N4O/c1-3-5-9-20(13-14-7-6-8-18-14)15-11-17-12-16(19-15)21-10-4-2/h11-12,14,18H,3-10,13H2,1-2H3. The minimum atomic E-state index is 0.573. The summed E-state index contributed by atoms with van der Waals surface area (Å²) in [4.78, 5) is 11.3. The number of ether oxygens (including phenoxy) is 1. The van der Waals surface area contributed by atoms with Crippen LogP contribution in [0.1, 0.15) is 46.0 Å². The number of unbranched alkanes of at least 4 members (excludes halogenated alkanes) is 1. The average molecular weight is 292 g/mol. The largest absolute Gasteiger partial charge is 0.477 e. The van der Waals surface area contributed by atoms with Crippen molar-refractivity contribution in [2.24, 2.45) is 0 Å². The first-order valence-corrected chi connectivity index (χ1v) is 8.26. The summed E-state index contributed by atoms with van der Waals surface area (Å²) in [5, 5.41) is 3.56. The Bertz CT molecular complexity index is 407. The molecule has 0 spiro atoms. The minimum absolute atomic E-state index is 0.573. The zero-order chi connectivity index (χ0) is 14.9. The van der Waals surface area contributed by atoms with Crippen LogP contribution in [0.2, 0.25) is 0 Å². The van der Waals surface area contributed by atoms with Gasteiger partial charge < -0.3 is 15.0 Å². The molecule has 1 atom stereocenters. The molecule has 1 unspecified atom stereocenters. The fourth-order valence-electron chi connectivity index (χ4n) is 2.59. The normalized spacial score (nSPS) is 17.9. The van der Waals surface area contributed by atoms with Crippen molar-refractivity contribution in [2.45, 2.75) is 52.0 Å². The van der Waals surface area contributed by atoms with Crippen molar-refractivity contribution in [3.05, 3.63) is 12.4 Å². The van der Waals surface area contributed by atoms with Crippen LogP contribution in [0.5, 0.6) is 5.88 Å². The minimum Gasteiger partial charge on any atom is -0.477 e. The van der Waals surface area contributed by atoms with E-state index in [0.29, 0.717) is 18.5 Å². The third-order valence-electron chi connectivity index (χ3n) is 3.76. The molecule has 0 bridgehead atoms. The van der Waals surface area contributed by atoms with E-state index < -0.39 is 0 Å². The summed E-state index contributed by atoms with van der Waals surface area (Å²) in [6.07, 6.45) is 9.42. The molecule has 0 aromatic carbocycles. The smallest absolute Gasteiger partial charge is 0.234 e. The van der Waals surface area contributed by atoms with Gasteiger partial charge >= 0.3 is 0 Å². The summed E-state index contributed by atoms with van der Waals surface area (Å²) in [5.74, 6) is 1.57. The second-order valence-electron chi connectivity index (χ2n) is 5.66. The van der Waals surface area contributed by atoms with E-state index in [2.05, 4.69) is 34.0 Å². The summed E-state index contributed by atoms with van der Waals surface area (Å²) >= 11 is 0. The molecule has 2 heterocycles. The van der Waals surface area contributed by atoms with Gasteiger partial charge in [-0.25, -0.2) is 0 Å². The van der Waals surface area contributed by atoms with Crippen molar-refractivity contribution >= 4 is 5.82 Å². The Morgan fingerprint density at radius 2 is 2.24 bits per heavy atom. The maximum Gasteiger partial charge on any atom is 0.234 e. The van der Waals surface area contributed by atoms with Gasteiger partial charge in [-0.1, -0.05) is 20.3 Å². The number of hydrogen-bond donors (Lipinski definition) is 1. The van der Waals surface area contributed by atoms with Crippen LogP contribution in [0.15, 0.2) is 12.4 Å². The molecule has 1 N–H and O–H groups in total. The van der Waals surface area contributed by atoms with Crippen molar-refractivity contribution in [3.63, 3.8) is 0 Å². The van der Waals surface area contributed by atoms with Crippen LogP contribution in [0.4, 0.5) is 5.82 Å². The van der Waals surface area contributed by atoms with Gasteiger partial charge in [0.25, 0.3) is 0 Å². The lowest BCUT2D eigenvalue weighted by Crippen LogP contribution is -2.38. The Hall–Kier alpha value is -1.36. The first-order chi connectivity index (χ1) is 10.3. The molecule has 5 heteroatoms. The Morgan fingerprint density at radius 3 is 2.95 bits per heavy atom. The summed E-state index contributed by atoms with van der Waals surface area (Å²) in [5.41, 5.74) is 0. The molecule has 1 aliphatic rings. The summed E-state index contributed by atoms with van der Waals surface area (Å²) in [6, 6.07) is 0.573. The van der Waals surface area contributed by atoms with Crippen molar-refractivity contribution < 1.29 is 4.74 Å². The number of rotatable bonds is 9. The number of aromatic nitrogens is 2. The van der Waals surface area contributed by atoms with Gasteiger partial charge in [0.05, 0.1) is 19.0 Å².